The summed E-state index contributed by atoms with van der Waals surface area (Å²) in [5, 5.41) is 11.7. The van der Waals surface area contributed by atoms with Crippen molar-refractivity contribution in [3.8, 4) is 5.75 Å². The van der Waals surface area contributed by atoms with Crippen molar-refractivity contribution in [2.24, 2.45) is 0 Å². The highest BCUT2D eigenvalue weighted by molar-refractivity contribution is 7.80. The zero-order valence-electron chi connectivity index (χ0n) is 10.4. The van der Waals surface area contributed by atoms with Gasteiger partial charge in [0.15, 0.2) is 0 Å². The lowest BCUT2D eigenvalue weighted by Crippen LogP contribution is -2.42. The van der Waals surface area contributed by atoms with E-state index in [1.807, 2.05) is 0 Å². The minimum absolute atomic E-state index is 0.116. The van der Waals surface area contributed by atoms with Gasteiger partial charge in [0.2, 0.25) is 5.91 Å². The molecular weight excluding hydrogens is 266 g/mol. The van der Waals surface area contributed by atoms with Gasteiger partial charge in [-0.3, -0.25) is 4.79 Å². The number of amides is 1. The predicted octanol–water partition coefficient (Wildman–Crippen LogP) is 0.993. The fraction of sp³-hybridized carbons (Fsp3) is 0.231. The first-order valence-corrected chi connectivity index (χ1v) is 6.16. The fourth-order valence-electron chi connectivity index (χ4n) is 1.34. The van der Waals surface area contributed by atoms with Crippen molar-refractivity contribution in [3.05, 3.63) is 35.9 Å². The molecule has 0 saturated heterocycles. The number of methoxy groups -OCH3 is 1. The molecule has 0 aliphatic rings. The molecule has 1 aromatic rings. The summed E-state index contributed by atoms with van der Waals surface area (Å²) in [7, 11) is 1.24. The van der Waals surface area contributed by atoms with Gasteiger partial charge in [-0.2, -0.15) is 12.6 Å². The molecule has 0 fully saturated rings. The number of carbonyl (C=O) groups excluding carboxylic acids is 2. The highest BCUT2D eigenvalue weighted by Crippen LogP contribution is 2.11. The van der Waals surface area contributed by atoms with E-state index >= 15 is 0 Å². The van der Waals surface area contributed by atoms with Crippen molar-refractivity contribution < 1.29 is 19.4 Å². The van der Waals surface area contributed by atoms with E-state index in [4.69, 9.17) is 0 Å². The van der Waals surface area contributed by atoms with Crippen molar-refractivity contribution in [3.63, 3.8) is 0 Å². The van der Waals surface area contributed by atoms with Gasteiger partial charge in [-0.1, -0.05) is 12.1 Å². The zero-order chi connectivity index (χ0) is 14.3. The zero-order valence-corrected chi connectivity index (χ0v) is 11.3. The minimum Gasteiger partial charge on any atom is -0.508 e. The molecule has 0 saturated carbocycles. The number of hydrogen-bond acceptors (Lipinski definition) is 5. The molecule has 0 bridgehead atoms. The quantitative estimate of drug-likeness (QED) is 0.427. The van der Waals surface area contributed by atoms with E-state index < -0.39 is 17.9 Å². The second-order valence-corrected chi connectivity index (χ2v) is 4.06. The van der Waals surface area contributed by atoms with E-state index in [0.29, 0.717) is 5.56 Å². The van der Waals surface area contributed by atoms with Crippen LogP contribution in [0.25, 0.3) is 6.08 Å². The average Bonchev–Trinajstić information content (AvgIpc) is 2.41. The first kappa shape index (κ1) is 15.1. The molecule has 1 atom stereocenters. The Morgan fingerprint density at radius 3 is 2.84 bits per heavy atom. The van der Waals surface area contributed by atoms with Crippen LogP contribution in [-0.4, -0.2) is 35.9 Å². The molecule has 0 unspecified atom stereocenters. The molecular formula is C13H15NO4S. The number of rotatable bonds is 5. The smallest absolute Gasteiger partial charge is 0.329 e. The summed E-state index contributed by atoms with van der Waals surface area (Å²) in [6, 6.07) is 5.67. The van der Waals surface area contributed by atoms with Gasteiger partial charge in [0.05, 0.1) is 7.11 Å². The van der Waals surface area contributed by atoms with Gasteiger partial charge in [-0.05, 0) is 23.8 Å². The summed E-state index contributed by atoms with van der Waals surface area (Å²) >= 11 is 3.96. The van der Waals surface area contributed by atoms with Crippen LogP contribution in [-0.2, 0) is 14.3 Å². The third-order valence-electron chi connectivity index (χ3n) is 2.28. The van der Waals surface area contributed by atoms with Crippen molar-refractivity contribution >= 4 is 30.6 Å². The second kappa shape index (κ2) is 7.48. The second-order valence-electron chi connectivity index (χ2n) is 3.70. The molecule has 0 radical (unpaired) electrons. The number of aromatic hydroxyl groups is 1. The average molecular weight is 281 g/mol. The van der Waals surface area contributed by atoms with Crippen LogP contribution >= 0.6 is 12.6 Å². The fourth-order valence-corrected chi connectivity index (χ4v) is 1.58. The Morgan fingerprint density at radius 1 is 1.53 bits per heavy atom. The topological polar surface area (TPSA) is 75.6 Å². The van der Waals surface area contributed by atoms with Gasteiger partial charge in [0.1, 0.15) is 11.8 Å². The van der Waals surface area contributed by atoms with Crippen LogP contribution < -0.4 is 5.32 Å². The van der Waals surface area contributed by atoms with Crippen molar-refractivity contribution in [1.29, 1.82) is 0 Å². The number of thiol groups is 1. The molecule has 102 valence electrons. The summed E-state index contributed by atoms with van der Waals surface area (Å²) in [4.78, 5) is 22.8. The molecule has 1 aromatic carbocycles. The third kappa shape index (κ3) is 5.05. The van der Waals surface area contributed by atoms with Crippen LogP contribution in [0.15, 0.2) is 30.3 Å². The van der Waals surface area contributed by atoms with E-state index in [1.165, 1.54) is 31.4 Å². The predicted molar refractivity (Wildman–Crippen MR) is 74.9 cm³/mol. The monoisotopic (exact) mass is 281 g/mol. The largest absolute Gasteiger partial charge is 0.508 e. The van der Waals surface area contributed by atoms with Crippen LogP contribution in [0.4, 0.5) is 0 Å². The first-order chi connectivity index (χ1) is 9.06. The van der Waals surface area contributed by atoms with Crippen LogP contribution in [0.2, 0.25) is 0 Å². The van der Waals surface area contributed by atoms with E-state index in [9.17, 15) is 14.7 Å². The first-order valence-electron chi connectivity index (χ1n) is 5.53. The minimum atomic E-state index is -0.783. The molecule has 0 aromatic heterocycles. The molecule has 2 N–H and O–H groups in total. The van der Waals surface area contributed by atoms with Crippen molar-refractivity contribution in [2.45, 2.75) is 6.04 Å². The van der Waals surface area contributed by atoms with Crippen LogP contribution in [0, 0.1) is 0 Å². The number of hydrogen-bond donors (Lipinski definition) is 3. The molecule has 6 heteroatoms. The van der Waals surface area contributed by atoms with E-state index in [0.717, 1.165) is 0 Å². The van der Waals surface area contributed by atoms with Gasteiger partial charge in [0, 0.05) is 11.8 Å². The number of benzene rings is 1. The molecule has 0 aliphatic heterocycles. The van der Waals surface area contributed by atoms with Gasteiger partial charge in [0.25, 0.3) is 0 Å². The maximum absolute atomic E-state index is 11.6. The summed E-state index contributed by atoms with van der Waals surface area (Å²) in [6.07, 6.45) is 2.80. The van der Waals surface area contributed by atoms with E-state index in [1.54, 1.807) is 12.1 Å². The SMILES string of the molecule is COC(=O)[C@H](CS)NC(=O)/C=C/c1cccc(O)c1. The Labute approximate surface area is 116 Å². The Balaban J connectivity index is 2.62. The molecule has 1 amide bonds. The molecule has 1 rings (SSSR count). The lowest BCUT2D eigenvalue weighted by molar-refractivity contribution is -0.143. The molecule has 5 nitrogen and oxygen atoms in total. The molecule has 0 heterocycles. The number of nitrogens with one attached hydrogen (secondary N) is 1. The Kier molecular flexibility index (Phi) is 5.95. The van der Waals surface area contributed by atoms with E-state index in [2.05, 4.69) is 22.7 Å². The van der Waals surface area contributed by atoms with Gasteiger partial charge in [-0.15, -0.1) is 0 Å². The highest BCUT2D eigenvalue weighted by atomic mass is 32.1. The summed E-state index contributed by atoms with van der Waals surface area (Å²) in [5.74, 6) is -0.717. The van der Waals surface area contributed by atoms with Crippen molar-refractivity contribution in [1.82, 2.24) is 5.32 Å². The highest BCUT2D eigenvalue weighted by Gasteiger charge is 2.18. The summed E-state index contributed by atoms with van der Waals surface area (Å²) in [5.41, 5.74) is 0.677. The van der Waals surface area contributed by atoms with Crippen molar-refractivity contribution in [2.75, 3.05) is 12.9 Å². The molecule has 19 heavy (non-hydrogen) atoms. The Morgan fingerprint density at radius 2 is 2.26 bits per heavy atom. The molecule has 0 aliphatic carbocycles. The van der Waals surface area contributed by atoms with E-state index in [-0.39, 0.29) is 11.5 Å². The lowest BCUT2D eigenvalue weighted by atomic mass is 10.2. The maximum atomic E-state index is 11.6. The van der Waals surface area contributed by atoms with Gasteiger partial charge in [-0.25, -0.2) is 4.79 Å². The molecule has 0 spiro atoms. The third-order valence-corrected chi connectivity index (χ3v) is 2.65. The maximum Gasteiger partial charge on any atom is 0.329 e. The number of phenols is 1. The summed E-state index contributed by atoms with van der Waals surface area (Å²) in [6.45, 7) is 0. The van der Waals surface area contributed by atoms with Crippen LogP contribution in [0.3, 0.4) is 0 Å². The van der Waals surface area contributed by atoms with Gasteiger partial charge >= 0.3 is 5.97 Å². The van der Waals surface area contributed by atoms with Gasteiger partial charge < -0.3 is 15.2 Å². The number of esters is 1. The number of phenolic OH excluding ortho intramolecular Hbond substituents is 1. The lowest BCUT2D eigenvalue weighted by Gasteiger charge is -2.12. The van der Waals surface area contributed by atoms with Crippen LogP contribution in [0.5, 0.6) is 5.75 Å². The number of carbonyl (C=O) groups is 2. The number of ether oxygens (including phenoxy) is 1. The summed E-state index contributed by atoms with van der Waals surface area (Å²) < 4.78 is 4.52. The standard InChI is InChI=1S/C13H15NO4S/c1-18-13(17)11(8-19)14-12(16)6-5-9-3-2-4-10(15)7-9/h2-7,11,15,19H,8H2,1H3,(H,14,16)/b6-5+/t11-/m0/s1. The van der Waals surface area contributed by atoms with Crippen LogP contribution in [0.1, 0.15) is 5.56 Å². The normalized spacial score (nSPS) is 12.1. The Hall–Kier alpha value is -1.95. The Bertz CT molecular complexity index is 487.